The van der Waals surface area contributed by atoms with Crippen molar-refractivity contribution in [2.45, 2.75) is 31.2 Å². The van der Waals surface area contributed by atoms with Crippen molar-refractivity contribution in [3.63, 3.8) is 0 Å². The maximum absolute atomic E-state index is 11.5. The van der Waals surface area contributed by atoms with E-state index in [0.29, 0.717) is 6.54 Å². The van der Waals surface area contributed by atoms with Gasteiger partial charge in [0.1, 0.15) is 0 Å². The first kappa shape index (κ1) is 14.1. The highest BCUT2D eigenvalue weighted by Crippen LogP contribution is 2.17. The van der Waals surface area contributed by atoms with Crippen LogP contribution in [0.5, 0.6) is 0 Å². The highest BCUT2D eigenvalue weighted by atomic mass is 32.2. The van der Waals surface area contributed by atoms with Gasteiger partial charge >= 0.3 is 0 Å². The predicted octanol–water partition coefficient (Wildman–Crippen LogP) is 1.94. The van der Waals surface area contributed by atoms with E-state index in [0.717, 1.165) is 5.75 Å². The average molecular weight is 252 g/mol. The molecule has 0 spiro atoms. The molecule has 1 aromatic rings. The normalized spacial score (nSPS) is 11.3. The number of benzene rings is 1. The summed E-state index contributed by atoms with van der Waals surface area (Å²) in [5, 5.41) is 2.82. The molecule has 1 amide bonds. The van der Waals surface area contributed by atoms with Crippen LogP contribution >= 0.6 is 11.8 Å². The fourth-order valence-electron chi connectivity index (χ4n) is 1.20. The molecule has 0 aliphatic carbocycles. The van der Waals surface area contributed by atoms with Crippen molar-refractivity contribution in [3.8, 4) is 0 Å². The lowest BCUT2D eigenvalue weighted by Crippen LogP contribution is -2.49. The van der Waals surface area contributed by atoms with Crippen molar-refractivity contribution in [3.05, 3.63) is 29.8 Å². The van der Waals surface area contributed by atoms with Crippen LogP contribution in [0.25, 0.3) is 0 Å². The Balaban J connectivity index is 2.25. The van der Waals surface area contributed by atoms with Crippen molar-refractivity contribution in [2.24, 2.45) is 5.73 Å². The van der Waals surface area contributed by atoms with E-state index < -0.39 is 5.54 Å². The first-order valence-corrected chi connectivity index (χ1v) is 6.65. The molecule has 0 aliphatic heterocycles. The van der Waals surface area contributed by atoms with E-state index in [1.165, 1.54) is 10.5 Å². The number of nitrogens with one attached hydrogen (secondary N) is 1. The Morgan fingerprint density at radius 2 is 1.94 bits per heavy atom. The molecule has 3 nitrogen and oxygen atoms in total. The van der Waals surface area contributed by atoms with Crippen molar-refractivity contribution >= 4 is 17.7 Å². The third-order valence-corrected chi connectivity index (χ3v) is 3.28. The second kappa shape index (κ2) is 6.07. The number of nitrogens with two attached hydrogens (primary N) is 1. The van der Waals surface area contributed by atoms with Crippen molar-refractivity contribution < 1.29 is 4.79 Å². The van der Waals surface area contributed by atoms with Crippen LogP contribution in [-0.2, 0) is 4.79 Å². The molecule has 0 saturated carbocycles. The maximum atomic E-state index is 11.5. The Hall–Kier alpha value is -1.00. The average Bonchev–Trinajstić information content (AvgIpc) is 2.25. The number of amides is 1. The van der Waals surface area contributed by atoms with E-state index in [4.69, 9.17) is 5.73 Å². The molecule has 3 N–H and O–H groups in total. The van der Waals surface area contributed by atoms with E-state index in [9.17, 15) is 4.79 Å². The number of aryl methyl sites for hydroxylation is 1. The summed E-state index contributed by atoms with van der Waals surface area (Å²) in [6.07, 6.45) is 0. The number of hydrogen-bond donors (Lipinski definition) is 2. The lowest BCUT2D eigenvalue weighted by atomic mass is 10.1. The largest absolute Gasteiger partial charge is 0.354 e. The number of carbonyl (C=O) groups excluding carboxylic acids is 1. The Labute approximate surface area is 107 Å². The summed E-state index contributed by atoms with van der Waals surface area (Å²) in [7, 11) is 0. The van der Waals surface area contributed by atoms with Crippen LogP contribution < -0.4 is 11.1 Å². The minimum absolute atomic E-state index is 0.109. The molecule has 17 heavy (non-hydrogen) atoms. The van der Waals surface area contributed by atoms with Gasteiger partial charge in [0.05, 0.1) is 5.54 Å². The van der Waals surface area contributed by atoms with Gasteiger partial charge in [-0.2, -0.15) is 0 Å². The van der Waals surface area contributed by atoms with Crippen LogP contribution in [0.2, 0.25) is 0 Å². The van der Waals surface area contributed by atoms with Gasteiger partial charge in [-0.05, 0) is 32.9 Å². The fraction of sp³-hybridized carbons (Fsp3) is 0.462. The predicted molar refractivity (Wildman–Crippen MR) is 73.2 cm³/mol. The summed E-state index contributed by atoms with van der Waals surface area (Å²) in [4.78, 5) is 12.7. The monoisotopic (exact) mass is 252 g/mol. The Morgan fingerprint density at radius 3 is 2.47 bits per heavy atom. The summed E-state index contributed by atoms with van der Waals surface area (Å²) in [6, 6.07) is 8.36. The fourth-order valence-corrected chi connectivity index (χ4v) is 1.96. The van der Waals surface area contributed by atoms with Gasteiger partial charge in [0.25, 0.3) is 0 Å². The molecule has 94 valence electrons. The third kappa shape index (κ3) is 5.24. The summed E-state index contributed by atoms with van der Waals surface area (Å²) in [6.45, 7) is 6.11. The highest BCUT2D eigenvalue weighted by molar-refractivity contribution is 7.99. The van der Waals surface area contributed by atoms with Crippen molar-refractivity contribution in [2.75, 3.05) is 12.3 Å². The molecule has 0 radical (unpaired) electrons. The second-order valence-electron chi connectivity index (χ2n) is 4.64. The number of rotatable bonds is 5. The standard InChI is InChI=1S/C13H20N2OS/c1-10-4-6-11(7-5-10)17-9-8-15-12(16)13(2,3)14/h4-7H,8-9,14H2,1-3H3,(H,15,16). The van der Waals surface area contributed by atoms with Gasteiger partial charge < -0.3 is 11.1 Å². The van der Waals surface area contributed by atoms with Gasteiger partial charge in [0.15, 0.2) is 0 Å². The second-order valence-corrected chi connectivity index (χ2v) is 5.81. The summed E-state index contributed by atoms with van der Waals surface area (Å²) < 4.78 is 0. The van der Waals surface area contributed by atoms with Crippen LogP contribution in [0.3, 0.4) is 0 Å². The van der Waals surface area contributed by atoms with Crippen LogP contribution in [0, 0.1) is 6.92 Å². The number of hydrogen-bond acceptors (Lipinski definition) is 3. The van der Waals surface area contributed by atoms with Gasteiger partial charge in [0, 0.05) is 17.2 Å². The summed E-state index contributed by atoms with van der Waals surface area (Å²) in [5.74, 6) is 0.743. The van der Waals surface area contributed by atoms with E-state index in [1.54, 1.807) is 25.6 Å². The Kier molecular flexibility index (Phi) is 5.02. The van der Waals surface area contributed by atoms with Crippen molar-refractivity contribution in [1.29, 1.82) is 0 Å². The molecule has 0 aliphatic rings. The molecule has 0 unspecified atom stereocenters. The quantitative estimate of drug-likeness (QED) is 0.622. The molecule has 0 fully saturated rings. The third-order valence-electron chi connectivity index (χ3n) is 2.26. The summed E-state index contributed by atoms with van der Waals surface area (Å²) >= 11 is 1.73. The molecule has 0 aromatic heterocycles. The maximum Gasteiger partial charge on any atom is 0.239 e. The number of carbonyl (C=O) groups is 1. The van der Waals surface area contributed by atoms with E-state index >= 15 is 0 Å². The lowest BCUT2D eigenvalue weighted by Gasteiger charge is -2.17. The zero-order valence-corrected chi connectivity index (χ0v) is 11.4. The molecular weight excluding hydrogens is 232 g/mol. The lowest BCUT2D eigenvalue weighted by molar-refractivity contribution is -0.125. The molecular formula is C13H20N2OS. The molecule has 0 atom stereocenters. The summed E-state index contributed by atoms with van der Waals surface area (Å²) in [5.41, 5.74) is 6.13. The minimum atomic E-state index is -0.797. The van der Waals surface area contributed by atoms with Gasteiger partial charge in [-0.3, -0.25) is 4.79 Å². The topological polar surface area (TPSA) is 55.1 Å². The van der Waals surface area contributed by atoms with Gasteiger partial charge in [-0.15, -0.1) is 11.8 Å². The SMILES string of the molecule is Cc1ccc(SCCNC(=O)C(C)(C)N)cc1. The van der Waals surface area contributed by atoms with Crippen molar-refractivity contribution in [1.82, 2.24) is 5.32 Å². The van der Waals surface area contributed by atoms with E-state index in [2.05, 4.69) is 36.5 Å². The Bertz CT molecular complexity index is 368. The van der Waals surface area contributed by atoms with Crippen LogP contribution in [0.15, 0.2) is 29.2 Å². The molecule has 1 rings (SSSR count). The zero-order chi connectivity index (χ0) is 12.9. The number of thioether (sulfide) groups is 1. The van der Waals surface area contributed by atoms with E-state index in [-0.39, 0.29) is 5.91 Å². The molecule has 0 bridgehead atoms. The first-order valence-electron chi connectivity index (χ1n) is 5.66. The first-order chi connectivity index (χ1) is 7.89. The Morgan fingerprint density at radius 1 is 1.35 bits per heavy atom. The molecule has 1 aromatic carbocycles. The van der Waals surface area contributed by atoms with Crippen LogP contribution in [0.1, 0.15) is 19.4 Å². The molecule has 0 saturated heterocycles. The highest BCUT2D eigenvalue weighted by Gasteiger charge is 2.20. The smallest absolute Gasteiger partial charge is 0.239 e. The van der Waals surface area contributed by atoms with Gasteiger partial charge in [0.2, 0.25) is 5.91 Å². The minimum Gasteiger partial charge on any atom is -0.354 e. The van der Waals surface area contributed by atoms with Crippen LogP contribution in [0.4, 0.5) is 0 Å². The van der Waals surface area contributed by atoms with Gasteiger partial charge in [-0.25, -0.2) is 0 Å². The van der Waals surface area contributed by atoms with Gasteiger partial charge in [-0.1, -0.05) is 17.7 Å². The molecule has 4 heteroatoms. The zero-order valence-electron chi connectivity index (χ0n) is 10.6. The van der Waals surface area contributed by atoms with Crippen LogP contribution in [-0.4, -0.2) is 23.7 Å². The molecule has 0 heterocycles. The van der Waals surface area contributed by atoms with E-state index in [1.807, 2.05) is 0 Å².